The van der Waals surface area contributed by atoms with Crippen LogP contribution in [0, 0.1) is 5.82 Å². The first-order valence-electron chi connectivity index (χ1n) is 5.01. The molecule has 0 aliphatic carbocycles. The molecular weight excluding hydrogens is 195 g/mol. The highest BCUT2D eigenvalue weighted by Crippen LogP contribution is 2.22. The van der Waals surface area contributed by atoms with Gasteiger partial charge in [-0.1, -0.05) is 6.92 Å². The molecule has 0 fully saturated rings. The van der Waals surface area contributed by atoms with Crippen LogP contribution >= 0.6 is 0 Å². The molecular formula is C12H15FO2. The zero-order chi connectivity index (χ0) is 11.4. The van der Waals surface area contributed by atoms with Crippen LogP contribution in [-0.2, 0) is 0 Å². The maximum absolute atomic E-state index is 13.0. The normalized spacial score (nSPS) is 12.3. The van der Waals surface area contributed by atoms with Gasteiger partial charge in [-0.2, -0.15) is 0 Å². The van der Waals surface area contributed by atoms with Gasteiger partial charge >= 0.3 is 0 Å². The lowest BCUT2D eigenvalue weighted by Crippen LogP contribution is -2.12. The minimum absolute atomic E-state index is 0.0232. The summed E-state index contributed by atoms with van der Waals surface area (Å²) in [5.74, 6) is -0.177. The quantitative estimate of drug-likeness (QED) is 0.713. The Morgan fingerprint density at radius 1 is 1.53 bits per heavy atom. The summed E-state index contributed by atoms with van der Waals surface area (Å²) in [6, 6.07) is 3.97. The Kier molecular flexibility index (Phi) is 3.83. The number of ether oxygens (including phenoxy) is 1. The van der Waals surface area contributed by atoms with Gasteiger partial charge in [0.1, 0.15) is 11.6 Å². The molecule has 0 saturated heterocycles. The lowest BCUT2D eigenvalue weighted by molar-refractivity contribution is 0.101. The SMILES string of the molecule is CCC(C)Oc1cc(F)ccc1C(C)=O. The van der Waals surface area contributed by atoms with Crippen LogP contribution in [0.1, 0.15) is 37.6 Å². The molecule has 2 nitrogen and oxygen atoms in total. The van der Waals surface area contributed by atoms with Crippen LogP contribution in [0.2, 0.25) is 0 Å². The highest BCUT2D eigenvalue weighted by atomic mass is 19.1. The average molecular weight is 210 g/mol. The smallest absolute Gasteiger partial charge is 0.163 e. The molecule has 82 valence electrons. The number of hydrogen-bond acceptors (Lipinski definition) is 2. The molecule has 0 spiro atoms. The van der Waals surface area contributed by atoms with Crippen molar-refractivity contribution in [1.82, 2.24) is 0 Å². The van der Waals surface area contributed by atoms with Crippen molar-refractivity contribution in [3.8, 4) is 5.75 Å². The van der Waals surface area contributed by atoms with E-state index in [1.54, 1.807) is 0 Å². The molecule has 1 aromatic carbocycles. The highest BCUT2D eigenvalue weighted by Gasteiger charge is 2.11. The molecule has 0 aromatic heterocycles. The second kappa shape index (κ2) is 4.91. The van der Waals surface area contributed by atoms with E-state index in [1.807, 2.05) is 13.8 Å². The number of rotatable bonds is 4. The van der Waals surface area contributed by atoms with Gasteiger partial charge in [0.25, 0.3) is 0 Å². The fourth-order valence-corrected chi connectivity index (χ4v) is 1.18. The predicted molar refractivity (Wildman–Crippen MR) is 56.8 cm³/mol. The number of carbonyl (C=O) groups is 1. The van der Waals surface area contributed by atoms with Gasteiger partial charge in [-0.3, -0.25) is 4.79 Å². The van der Waals surface area contributed by atoms with Crippen LogP contribution in [0.15, 0.2) is 18.2 Å². The van der Waals surface area contributed by atoms with E-state index in [9.17, 15) is 9.18 Å². The van der Waals surface area contributed by atoms with Gasteiger partial charge in [0, 0.05) is 6.07 Å². The Bertz CT molecular complexity index is 361. The first kappa shape index (κ1) is 11.7. The number of Topliss-reactive ketones (excluding diaryl/α,β-unsaturated/α-hetero) is 1. The third-order valence-corrected chi connectivity index (χ3v) is 2.23. The van der Waals surface area contributed by atoms with Crippen LogP contribution in [0.4, 0.5) is 4.39 Å². The van der Waals surface area contributed by atoms with Crippen molar-refractivity contribution in [3.63, 3.8) is 0 Å². The Morgan fingerprint density at radius 3 is 2.73 bits per heavy atom. The molecule has 1 unspecified atom stereocenters. The fourth-order valence-electron chi connectivity index (χ4n) is 1.18. The highest BCUT2D eigenvalue weighted by molar-refractivity contribution is 5.96. The van der Waals surface area contributed by atoms with Crippen LogP contribution in [0.3, 0.4) is 0 Å². The first-order valence-corrected chi connectivity index (χ1v) is 5.01. The molecule has 0 saturated carbocycles. The van der Waals surface area contributed by atoms with E-state index in [2.05, 4.69) is 0 Å². The summed E-state index contributed by atoms with van der Waals surface area (Å²) in [6.45, 7) is 5.29. The number of carbonyl (C=O) groups excluding carboxylic acids is 1. The Hall–Kier alpha value is -1.38. The summed E-state index contributed by atoms with van der Waals surface area (Å²) in [5, 5.41) is 0. The van der Waals surface area contributed by atoms with Crippen LogP contribution < -0.4 is 4.74 Å². The lowest BCUT2D eigenvalue weighted by atomic mass is 10.1. The minimum Gasteiger partial charge on any atom is -0.490 e. The molecule has 1 rings (SSSR count). The topological polar surface area (TPSA) is 26.3 Å². The number of hydrogen-bond donors (Lipinski definition) is 0. The molecule has 1 aromatic rings. The second-order valence-electron chi connectivity index (χ2n) is 3.53. The van der Waals surface area contributed by atoms with Crippen LogP contribution in [0.25, 0.3) is 0 Å². The molecule has 0 aliphatic heterocycles. The number of ketones is 1. The van der Waals surface area contributed by atoms with Gasteiger partial charge in [-0.05, 0) is 32.4 Å². The minimum atomic E-state index is -0.390. The van der Waals surface area contributed by atoms with E-state index < -0.39 is 5.82 Å². The third-order valence-electron chi connectivity index (χ3n) is 2.23. The molecule has 0 radical (unpaired) electrons. The molecule has 15 heavy (non-hydrogen) atoms. The molecule has 1 atom stereocenters. The van der Waals surface area contributed by atoms with Gasteiger partial charge in [0.05, 0.1) is 11.7 Å². The van der Waals surface area contributed by atoms with E-state index in [1.165, 1.54) is 25.1 Å². The standard InChI is InChI=1S/C12H15FO2/c1-4-8(2)15-12-7-10(13)5-6-11(12)9(3)14/h5-8H,4H2,1-3H3. The van der Waals surface area contributed by atoms with E-state index >= 15 is 0 Å². The number of halogens is 1. The predicted octanol–water partition coefficient (Wildman–Crippen LogP) is 3.21. The molecule has 3 heteroatoms. The van der Waals surface area contributed by atoms with Crippen molar-refractivity contribution in [2.45, 2.75) is 33.3 Å². The van der Waals surface area contributed by atoms with E-state index in [0.717, 1.165) is 6.42 Å². The van der Waals surface area contributed by atoms with Gasteiger partial charge in [0.15, 0.2) is 5.78 Å². The summed E-state index contributed by atoms with van der Waals surface area (Å²) in [6.07, 6.45) is 0.790. The van der Waals surface area contributed by atoms with Gasteiger partial charge in [-0.15, -0.1) is 0 Å². The second-order valence-corrected chi connectivity index (χ2v) is 3.53. The summed E-state index contributed by atoms with van der Waals surface area (Å²) in [7, 11) is 0. The van der Waals surface area contributed by atoms with Gasteiger partial charge in [0.2, 0.25) is 0 Å². The zero-order valence-corrected chi connectivity index (χ0v) is 9.21. The number of benzene rings is 1. The lowest BCUT2D eigenvalue weighted by Gasteiger charge is -2.14. The molecule has 0 bridgehead atoms. The monoisotopic (exact) mass is 210 g/mol. The van der Waals surface area contributed by atoms with Crippen molar-refractivity contribution in [2.75, 3.05) is 0 Å². The largest absolute Gasteiger partial charge is 0.490 e. The van der Waals surface area contributed by atoms with E-state index in [0.29, 0.717) is 11.3 Å². The van der Waals surface area contributed by atoms with Gasteiger partial charge < -0.3 is 4.74 Å². The maximum atomic E-state index is 13.0. The van der Waals surface area contributed by atoms with Crippen LogP contribution in [-0.4, -0.2) is 11.9 Å². The maximum Gasteiger partial charge on any atom is 0.163 e. The molecule has 0 amide bonds. The van der Waals surface area contributed by atoms with E-state index in [4.69, 9.17) is 4.74 Å². The Labute approximate surface area is 89.1 Å². The van der Waals surface area contributed by atoms with Crippen LogP contribution in [0.5, 0.6) is 5.75 Å². The molecule has 0 heterocycles. The third kappa shape index (κ3) is 3.05. The molecule has 0 aliphatic rings. The first-order chi connectivity index (χ1) is 7.04. The van der Waals surface area contributed by atoms with Crippen molar-refractivity contribution in [1.29, 1.82) is 0 Å². The fraction of sp³-hybridized carbons (Fsp3) is 0.417. The zero-order valence-electron chi connectivity index (χ0n) is 9.21. The van der Waals surface area contributed by atoms with Crippen molar-refractivity contribution in [3.05, 3.63) is 29.6 Å². The summed E-state index contributed by atoms with van der Waals surface area (Å²) in [5.41, 5.74) is 0.428. The summed E-state index contributed by atoms with van der Waals surface area (Å²) >= 11 is 0. The van der Waals surface area contributed by atoms with Crippen molar-refractivity contribution < 1.29 is 13.9 Å². The van der Waals surface area contributed by atoms with Gasteiger partial charge in [-0.25, -0.2) is 4.39 Å². The van der Waals surface area contributed by atoms with Crippen molar-refractivity contribution in [2.24, 2.45) is 0 Å². The van der Waals surface area contributed by atoms with E-state index in [-0.39, 0.29) is 11.9 Å². The van der Waals surface area contributed by atoms with Crippen molar-refractivity contribution >= 4 is 5.78 Å². The molecule has 0 N–H and O–H groups in total. The summed E-state index contributed by atoms with van der Waals surface area (Å²) < 4.78 is 18.4. The summed E-state index contributed by atoms with van der Waals surface area (Å²) in [4.78, 5) is 11.2. The Balaban J connectivity index is 3.02. The average Bonchev–Trinajstić information content (AvgIpc) is 2.17. The Morgan fingerprint density at radius 2 is 2.20 bits per heavy atom.